The van der Waals surface area contributed by atoms with Gasteiger partial charge >= 0.3 is 221 Å². The maximum Gasteiger partial charge on any atom is -0.147 e. The predicted molar refractivity (Wildman–Crippen MR) is 153 cm³/mol. The van der Waals surface area contributed by atoms with Crippen molar-refractivity contribution in [3.63, 3.8) is 0 Å². The van der Waals surface area contributed by atoms with E-state index in [1.807, 2.05) is 0 Å². The normalized spacial score (nSPS) is 11.2. The Morgan fingerprint density at radius 2 is 0.706 bits per heavy atom. The van der Waals surface area contributed by atoms with Gasteiger partial charge in [0, 0.05) is 0 Å². The molecule has 0 aliphatic rings. The van der Waals surface area contributed by atoms with Gasteiger partial charge in [0.05, 0.1) is 0 Å². The van der Waals surface area contributed by atoms with E-state index in [2.05, 4.69) is 24.2 Å². The zero-order chi connectivity index (χ0) is 24.1. The van der Waals surface area contributed by atoms with E-state index in [0.29, 0.717) is 0 Å². The molecule has 0 aromatic heterocycles. The number of hydrogen-bond acceptors (Lipinski definition) is 2. The van der Waals surface area contributed by atoms with Crippen molar-refractivity contribution in [2.24, 2.45) is 0 Å². The fourth-order valence-electron chi connectivity index (χ4n) is 4.52. The third-order valence-corrected chi connectivity index (χ3v) is 8.48. The number of rotatable bonds is 29. The third kappa shape index (κ3) is 31.0. The van der Waals surface area contributed by atoms with Crippen LogP contribution in [0.2, 0.25) is 0 Å². The zero-order valence-corrected chi connectivity index (χ0v) is 26.2. The first-order valence-corrected chi connectivity index (χ1v) is 16.8. The molecule has 4 heteroatoms. The Kier molecular flexibility index (Phi) is 37.0. The van der Waals surface area contributed by atoms with Crippen molar-refractivity contribution in [1.29, 1.82) is 0 Å². The predicted octanol–water partition coefficient (Wildman–Crippen LogP) is 11.1. The summed E-state index contributed by atoms with van der Waals surface area (Å²) in [5.41, 5.74) is 0. The molecule has 206 valence electrons. The van der Waals surface area contributed by atoms with Crippen molar-refractivity contribution in [1.82, 2.24) is 3.38 Å². The Morgan fingerprint density at radius 1 is 0.412 bits per heavy atom. The van der Waals surface area contributed by atoms with E-state index >= 15 is 0 Å². The van der Waals surface area contributed by atoms with Gasteiger partial charge in [-0.2, -0.15) is 0 Å². The molecule has 0 aliphatic carbocycles. The number of nitrogens with zero attached hydrogens (tertiary/aromatic N) is 1. The summed E-state index contributed by atoms with van der Waals surface area (Å²) in [5, 5.41) is 0. The molecule has 0 radical (unpaired) electrons. The van der Waals surface area contributed by atoms with Gasteiger partial charge in [0.15, 0.2) is 0 Å². The summed E-state index contributed by atoms with van der Waals surface area (Å²) in [6, 6.07) is 0. The molecule has 0 spiro atoms. The molecule has 0 amide bonds. The van der Waals surface area contributed by atoms with E-state index in [1.54, 1.807) is 0 Å². The second-order valence-electron chi connectivity index (χ2n) is 10.4. The molecule has 34 heavy (non-hydrogen) atoms. The van der Waals surface area contributed by atoms with Crippen LogP contribution in [0, 0.1) is 0 Å². The quantitative estimate of drug-likeness (QED) is 0.0694. The van der Waals surface area contributed by atoms with E-state index < -0.39 is 0 Å². The Hall–Kier alpha value is 0.924. The van der Waals surface area contributed by atoms with Crippen molar-refractivity contribution >= 4 is 12.4 Å². The molecule has 0 aromatic rings. The van der Waals surface area contributed by atoms with Crippen molar-refractivity contribution < 1.29 is 23.1 Å². The van der Waals surface area contributed by atoms with E-state index in [0.717, 1.165) is 6.61 Å². The number of halogens is 1. The van der Waals surface area contributed by atoms with Gasteiger partial charge in [-0.1, -0.05) is 0 Å². The molecule has 0 saturated heterocycles. The molecule has 0 unspecified atom stereocenters. The minimum atomic E-state index is -0.358. The summed E-state index contributed by atoms with van der Waals surface area (Å²) in [6.45, 7) is 10.5. The van der Waals surface area contributed by atoms with Crippen LogP contribution in [-0.2, 0) is 23.1 Å². The summed E-state index contributed by atoms with van der Waals surface area (Å²) < 4.78 is 8.97. The van der Waals surface area contributed by atoms with Gasteiger partial charge in [0.25, 0.3) is 0 Å². The van der Waals surface area contributed by atoms with Crippen LogP contribution in [0.4, 0.5) is 0 Å². The second kappa shape index (κ2) is 33.9. The van der Waals surface area contributed by atoms with Gasteiger partial charge in [-0.25, -0.2) is 0 Å². The van der Waals surface area contributed by atoms with E-state index in [1.165, 1.54) is 167 Å². The summed E-state index contributed by atoms with van der Waals surface area (Å²) in [5.74, 6) is 0. The first-order chi connectivity index (χ1) is 16.3. The van der Waals surface area contributed by atoms with Crippen LogP contribution >= 0.6 is 12.4 Å². The summed E-state index contributed by atoms with van der Waals surface area (Å²) in [7, 11) is 0. The van der Waals surface area contributed by atoms with Crippen LogP contribution < -0.4 is 0 Å². The Bertz CT molecular complexity index is 326. The van der Waals surface area contributed by atoms with Gasteiger partial charge in [-0.05, 0) is 0 Å². The molecule has 0 N–H and O–H groups in total. The van der Waals surface area contributed by atoms with Crippen LogP contribution in [-0.4, -0.2) is 23.1 Å². The van der Waals surface area contributed by atoms with Crippen molar-refractivity contribution in [2.45, 2.75) is 175 Å². The third-order valence-electron chi connectivity index (χ3n) is 6.86. The maximum atomic E-state index is 6.24. The van der Waals surface area contributed by atoms with Crippen molar-refractivity contribution in [2.75, 3.05) is 19.7 Å². The van der Waals surface area contributed by atoms with Gasteiger partial charge in [0.2, 0.25) is 0 Å². The standard InChI is InChI=1S/C20H42N.C10H21O.ClH.Ti/c1-3-5-7-9-11-13-15-17-19-21-20-18-16-14-12-10-8-6-4-2;1-2-3-4-5-6-7-8-9-10-11;;/h3-20H2,1-2H3;2-10H2,1H3;1H;/q2*-1;;+2. The van der Waals surface area contributed by atoms with Crippen LogP contribution in [0.25, 0.3) is 0 Å². The van der Waals surface area contributed by atoms with Crippen LogP contribution in [0.5, 0.6) is 0 Å². The second-order valence-corrected chi connectivity index (χ2v) is 12.1. The van der Waals surface area contributed by atoms with Crippen molar-refractivity contribution in [3.8, 4) is 0 Å². The number of hydrogen-bond donors (Lipinski definition) is 0. The molecule has 0 aliphatic heterocycles. The Balaban J connectivity index is 0. The summed E-state index contributed by atoms with van der Waals surface area (Å²) in [6.07, 6.45) is 33.9. The van der Waals surface area contributed by atoms with Crippen LogP contribution in [0.15, 0.2) is 0 Å². The van der Waals surface area contributed by atoms with Gasteiger partial charge in [-0.3, -0.25) is 0 Å². The average Bonchev–Trinajstić information content (AvgIpc) is 2.83. The topological polar surface area (TPSA) is 12.5 Å². The molecule has 0 aromatic carbocycles. The molecule has 0 saturated carbocycles. The van der Waals surface area contributed by atoms with Crippen molar-refractivity contribution in [3.05, 3.63) is 0 Å². The van der Waals surface area contributed by atoms with E-state index in [4.69, 9.17) is 3.32 Å². The van der Waals surface area contributed by atoms with E-state index in [-0.39, 0.29) is 32.2 Å². The van der Waals surface area contributed by atoms with Gasteiger partial charge in [-0.15, -0.1) is 12.4 Å². The maximum absolute atomic E-state index is 6.24. The van der Waals surface area contributed by atoms with E-state index in [9.17, 15) is 0 Å². The molecule has 0 heterocycles. The minimum Gasteiger partial charge on any atom is -0.147 e. The SMILES string of the molecule is CCCCCCCCCC[O][Ti][N](CCCCCCCCCC)CCCCCCCCCC.Cl. The first kappa shape index (κ1) is 37.1. The fraction of sp³-hybridized carbons (Fsp3) is 1.00. The molecular weight excluding hydrogens is 474 g/mol. The molecule has 0 atom stereocenters. The Labute approximate surface area is 232 Å². The van der Waals surface area contributed by atoms with Crippen LogP contribution in [0.3, 0.4) is 0 Å². The van der Waals surface area contributed by atoms with Gasteiger partial charge in [0.1, 0.15) is 0 Å². The summed E-state index contributed by atoms with van der Waals surface area (Å²) >= 11 is -0.358. The molecule has 0 rings (SSSR count). The largest absolute Gasteiger partial charge is 0.147 e. The molecule has 0 bridgehead atoms. The number of unbranched alkanes of at least 4 members (excludes halogenated alkanes) is 21. The molecule has 0 fully saturated rings. The smallest absolute Gasteiger partial charge is 0.147 e. The zero-order valence-electron chi connectivity index (χ0n) is 23.9. The Morgan fingerprint density at radius 3 is 1.06 bits per heavy atom. The van der Waals surface area contributed by atoms with Gasteiger partial charge < -0.3 is 0 Å². The monoisotopic (exact) mass is 537 g/mol. The summed E-state index contributed by atoms with van der Waals surface area (Å²) in [4.78, 5) is 0. The van der Waals surface area contributed by atoms with Crippen LogP contribution in [0.1, 0.15) is 175 Å². The molecular formula is C30H64ClNOTi. The molecule has 2 nitrogen and oxygen atoms in total. The minimum absolute atomic E-state index is 0. The average molecular weight is 538 g/mol. The fourth-order valence-corrected chi connectivity index (χ4v) is 5.95. The first-order valence-electron chi connectivity index (χ1n) is 15.5.